The van der Waals surface area contributed by atoms with E-state index in [-0.39, 0.29) is 29.1 Å². The lowest BCUT2D eigenvalue weighted by molar-refractivity contribution is 0.0528. The van der Waals surface area contributed by atoms with Gasteiger partial charge in [-0.05, 0) is 31.0 Å². The molecule has 28 heavy (non-hydrogen) atoms. The maximum absolute atomic E-state index is 12.9. The summed E-state index contributed by atoms with van der Waals surface area (Å²) in [5.41, 5.74) is 0.406. The van der Waals surface area contributed by atoms with Crippen LogP contribution in [0.2, 0.25) is 0 Å². The Morgan fingerprint density at radius 1 is 1.21 bits per heavy atom. The molecule has 0 saturated carbocycles. The molecule has 0 saturated heterocycles. The molecule has 0 spiro atoms. The molecule has 8 heteroatoms. The number of nitrogens with zero attached hydrogens (tertiary/aromatic N) is 4. The fourth-order valence-electron chi connectivity index (χ4n) is 3.03. The minimum atomic E-state index is -0.628. The van der Waals surface area contributed by atoms with Gasteiger partial charge in [0.2, 0.25) is 0 Å². The monoisotopic (exact) mass is 382 g/mol. The van der Waals surface area contributed by atoms with Crippen molar-refractivity contribution in [2.45, 2.75) is 27.3 Å². The maximum Gasteiger partial charge on any atom is 0.339 e. The smallest absolute Gasteiger partial charge is 0.339 e. The summed E-state index contributed by atoms with van der Waals surface area (Å²) < 4.78 is 7.60. The van der Waals surface area contributed by atoms with Gasteiger partial charge in [0, 0.05) is 31.5 Å². The maximum atomic E-state index is 12.9. The second kappa shape index (κ2) is 7.75. The van der Waals surface area contributed by atoms with Gasteiger partial charge in [0.25, 0.3) is 5.56 Å². The van der Waals surface area contributed by atoms with Crippen LogP contribution in [0, 0.1) is 5.92 Å². The van der Waals surface area contributed by atoms with E-state index in [9.17, 15) is 14.4 Å². The third-order valence-electron chi connectivity index (χ3n) is 4.31. The highest BCUT2D eigenvalue weighted by Gasteiger charge is 2.22. The molecule has 0 fully saturated rings. The van der Waals surface area contributed by atoms with E-state index in [2.05, 4.69) is 9.97 Å². The van der Waals surface area contributed by atoms with Gasteiger partial charge >= 0.3 is 11.7 Å². The van der Waals surface area contributed by atoms with E-state index in [0.717, 1.165) is 4.57 Å². The molecular formula is C20H22N4O4. The quantitative estimate of drug-likeness (QED) is 0.626. The van der Waals surface area contributed by atoms with Crippen LogP contribution in [-0.2, 0) is 18.3 Å². The van der Waals surface area contributed by atoms with Crippen LogP contribution in [0.4, 0.5) is 0 Å². The Hall–Kier alpha value is -3.29. The van der Waals surface area contributed by atoms with Crippen molar-refractivity contribution in [1.29, 1.82) is 0 Å². The zero-order valence-electron chi connectivity index (χ0n) is 16.3. The van der Waals surface area contributed by atoms with Crippen LogP contribution in [0.1, 0.15) is 31.1 Å². The van der Waals surface area contributed by atoms with Crippen molar-refractivity contribution < 1.29 is 9.53 Å². The molecule has 3 rings (SSSR count). The molecule has 0 radical (unpaired) electrons. The summed E-state index contributed by atoms with van der Waals surface area (Å²) in [6.07, 6.45) is 3.22. The average molecular weight is 382 g/mol. The second-order valence-electron chi connectivity index (χ2n) is 6.86. The number of ether oxygens (including phenoxy) is 1. The Kier molecular flexibility index (Phi) is 5.39. The van der Waals surface area contributed by atoms with Gasteiger partial charge in [-0.3, -0.25) is 18.9 Å². The molecule has 0 aromatic carbocycles. The number of hydrogen-bond acceptors (Lipinski definition) is 6. The molecule has 8 nitrogen and oxygen atoms in total. The molecule has 0 unspecified atom stereocenters. The first-order chi connectivity index (χ1) is 13.3. The molecule has 3 aromatic heterocycles. The standard InChI is InChI=1S/C20H22N4O4/c1-5-28-19(26)14-10-15(13-6-8-21-9-7-13)22-17-16(14)18(25)23(4)20(27)24(17)11-12(2)3/h6-10,12H,5,11H2,1-4H3. The molecule has 0 bridgehead atoms. The molecule has 0 aliphatic heterocycles. The number of pyridine rings is 2. The van der Waals surface area contributed by atoms with Gasteiger partial charge in [-0.25, -0.2) is 14.6 Å². The number of rotatable bonds is 5. The van der Waals surface area contributed by atoms with Crippen molar-refractivity contribution in [1.82, 2.24) is 19.1 Å². The van der Waals surface area contributed by atoms with Crippen LogP contribution < -0.4 is 11.2 Å². The number of carbonyl (C=O) groups excluding carboxylic acids is 1. The van der Waals surface area contributed by atoms with Gasteiger partial charge in [0.15, 0.2) is 5.65 Å². The van der Waals surface area contributed by atoms with Crippen molar-refractivity contribution in [3.8, 4) is 11.3 Å². The Bertz CT molecular complexity index is 1150. The zero-order chi connectivity index (χ0) is 20.4. The van der Waals surface area contributed by atoms with E-state index in [0.29, 0.717) is 17.8 Å². The van der Waals surface area contributed by atoms with Crippen LogP contribution in [0.5, 0.6) is 0 Å². The summed E-state index contributed by atoms with van der Waals surface area (Å²) in [7, 11) is 1.40. The number of fused-ring (bicyclic) bond motifs is 1. The summed E-state index contributed by atoms with van der Waals surface area (Å²) in [5, 5.41) is 0.0824. The lowest BCUT2D eigenvalue weighted by Gasteiger charge is -2.16. The molecule has 3 aromatic rings. The van der Waals surface area contributed by atoms with E-state index >= 15 is 0 Å². The Labute approximate surface area is 161 Å². The highest BCUT2D eigenvalue weighted by Crippen LogP contribution is 2.23. The van der Waals surface area contributed by atoms with Gasteiger partial charge < -0.3 is 4.74 Å². The first kappa shape index (κ1) is 19.5. The molecule has 0 atom stereocenters. The van der Waals surface area contributed by atoms with E-state index in [4.69, 9.17) is 4.74 Å². The highest BCUT2D eigenvalue weighted by atomic mass is 16.5. The van der Waals surface area contributed by atoms with Crippen molar-refractivity contribution in [3.05, 3.63) is 57.0 Å². The highest BCUT2D eigenvalue weighted by molar-refractivity contribution is 6.03. The summed E-state index contributed by atoms with van der Waals surface area (Å²) in [4.78, 5) is 46.8. The summed E-state index contributed by atoms with van der Waals surface area (Å²) in [5.74, 6) is -0.493. The number of esters is 1. The van der Waals surface area contributed by atoms with Crippen molar-refractivity contribution >= 4 is 17.0 Å². The van der Waals surface area contributed by atoms with E-state index in [1.807, 2.05) is 13.8 Å². The summed E-state index contributed by atoms with van der Waals surface area (Å²) in [6, 6.07) is 5.02. The zero-order valence-corrected chi connectivity index (χ0v) is 16.3. The average Bonchev–Trinajstić information content (AvgIpc) is 2.69. The minimum Gasteiger partial charge on any atom is -0.462 e. The first-order valence-corrected chi connectivity index (χ1v) is 9.07. The molecule has 3 heterocycles. The van der Waals surface area contributed by atoms with Crippen molar-refractivity contribution in [2.24, 2.45) is 13.0 Å². The van der Waals surface area contributed by atoms with Gasteiger partial charge in [-0.15, -0.1) is 0 Å². The fraction of sp³-hybridized carbons (Fsp3) is 0.350. The Morgan fingerprint density at radius 3 is 2.50 bits per heavy atom. The number of carbonyl (C=O) groups is 1. The predicted molar refractivity (Wildman–Crippen MR) is 105 cm³/mol. The number of hydrogen-bond donors (Lipinski definition) is 0. The third-order valence-corrected chi connectivity index (χ3v) is 4.31. The van der Waals surface area contributed by atoms with E-state index in [1.165, 1.54) is 17.7 Å². The van der Waals surface area contributed by atoms with Gasteiger partial charge in [0.1, 0.15) is 0 Å². The minimum absolute atomic E-state index is 0.0824. The van der Waals surface area contributed by atoms with Gasteiger partial charge in [0.05, 0.1) is 23.3 Å². The molecule has 0 amide bonds. The van der Waals surface area contributed by atoms with E-state index < -0.39 is 17.2 Å². The van der Waals surface area contributed by atoms with Crippen LogP contribution in [-0.4, -0.2) is 31.7 Å². The molecule has 0 aliphatic carbocycles. The lowest BCUT2D eigenvalue weighted by atomic mass is 10.1. The normalized spacial score (nSPS) is 11.2. The largest absolute Gasteiger partial charge is 0.462 e. The molecule has 0 N–H and O–H groups in total. The van der Waals surface area contributed by atoms with E-state index in [1.54, 1.807) is 31.5 Å². The first-order valence-electron chi connectivity index (χ1n) is 9.07. The third kappa shape index (κ3) is 3.45. The Morgan fingerprint density at radius 2 is 1.89 bits per heavy atom. The Balaban J connectivity index is 2.48. The molecule has 146 valence electrons. The van der Waals surface area contributed by atoms with Crippen LogP contribution in [0.25, 0.3) is 22.3 Å². The van der Waals surface area contributed by atoms with Gasteiger partial charge in [-0.2, -0.15) is 0 Å². The SMILES string of the molecule is CCOC(=O)c1cc(-c2ccncc2)nc2c1c(=O)n(C)c(=O)n2CC(C)C. The second-order valence-corrected chi connectivity index (χ2v) is 6.86. The molecule has 0 aliphatic rings. The predicted octanol–water partition coefficient (Wildman–Crippen LogP) is 1.99. The molecular weight excluding hydrogens is 360 g/mol. The van der Waals surface area contributed by atoms with Crippen LogP contribution in [0.15, 0.2) is 40.2 Å². The summed E-state index contributed by atoms with van der Waals surface area (Å²) >= 11 is 0. The lowest BCUT2D eigenvalue weighted by Crippen LogP contribution is -2.40. The van der Waals surface area contributed by atoms with Gasteiger partial charge in [-0.1, -0.05) is 13.8 Å². The van der Waals surface area contributed by atoms with Crippen molar-refractivity contribution in [2.75, 3.05) is 6.61 Å². The van der Waals surface area contributed by atoms with Crippen molar-refractivity contribution in [3.63, 3.8) is 0 Å². The topological polar surface area (TPSA) is 96.1 Å². The fourth-order valence-corrected chi connectivity index (χ4v) is 3.03. The van der Waals surface area contributed by atoms with Crippen LogP contribution >= 0.6 is 0 Å². The van der Waals surface area contributed by atoms with Crippen LogP contribution in [0.3, 0.4) is 0 Å². The number of aromatic nitrogens is 4. The summed E-state index contributed by atoms with van der Waals surface area (Å²) in [6.45, 7) is 6.14.